The van der Waals surface area contributed by atoms with Gasteiger partial charge in [0.05, 0.1) is 14.7 Å². The van der Waals surface area contributed by atoms with Crippen LogP contribution in [0.1, 0.15) is 0 Å². The fraction of sp³-hybridized carbons (Fsp3) is 0.600. The molecule has 1 saturated heterocycles. The first-order chi connectivity index (χ1) is 6.33. The summed E-state index contributed by atoms with van der Waals surface area (Å²) in [5.41, 5.74) is 4.46. The summed E-state index contributed by atoms with van der Waals surface area (Å²) in [5, 5.41) is 0. The van der Waals surface area contributed by atoms with Crippen molar-refractivity contribution in [1.29, 1.82) is 0 Å². The van der Waals surface area contributed by atoms with Gasteiger partial charge in [0.15, 0.2) is 7.83 Å². The summed E-state index contributed by atoms with van der Waals surface area (Å²) in [6, 6.07) is 1.27. The topological polar surface area (TPSA) is 9.23 Å². The van der Waals surface area contributed by atoms with Gasteiger partial charge >= 0.3 is 0 Å². The van der Waals surface area contributed by atoms with E-state index in [2.05, 4.69) is 50.7 Å². The minimum atomic E-state index is -1.60. The van der Waals surface area contributed by atoms with Crippen molar-refractivity contribution >= 4 is 22.5 Å². The van der Waals surface area contributed by atoms with Crippen LogP contribution >= 0.6 is 0 Å². The van der Waals surface area contributed by atoms with Crippen LogP contribution < -0.4 is 0 Å². The van der Waals surface area contributed by atoms with E-state index < -0.39 is 22.5 Å². The maximum Gasteiger partial charge on any atom is 0.197 e. The standard InChI is InChI=1S/C10H22OSi3/c1-7-13(5)10-9-11-14(6,8-2)12(13,3)4/h7-8H,1-2,9-10H2,3-6H3. The number of rotatable bonds is 2. The van der Waals surface area contributed by atoms with Crippen molar-refractivity contribution in [2.45, 2.75) is 32.2 Å². The molecule has 0 saturated carbocycles. The lowest BCUT2D eigenvalue weighted by molar-refractivity contribution is 0.340. The minimum Gasteiger partial charge on any atom is -0.416 e. The summed E-state index contributed by atoms with van der Waals surface area (Å²) in [4.78, 5) is 0. The molecule has 1 fully saturated rings. The first-order valence-corrected chi connectivity index (χ1v) is 15.5. The predicted octanol–water partition coefficient (Wildman–Crippen LogP) is 2.99. The van der Waals surface area contributed by atoms with Crippen molar-refractivity contribution < 1.29 is 4.43 Å². The van der Waals surface area contributed by atoms with Gasteiger partial charge < -0.3 is 4.43 Å². The highest BCUT2D eigenvalue weighted by atomic mass is 29.6. The van der Waals surface area contributed by atoms with E-state index >= 15 is 0 Å². The molecule has 80 valence electrons. The molecule has 1 aliphatic rings. The predicted molar refractivity (Wildman–Crippen MR) is 71.9 cm³/mol. The highest BCUT2D eigenvalue weighted by Gasteiger charge is 2.58. The van der Waals surface area contributed by atoms with E-state index in [1.807, 2.05) is 0 Å². The van der Waals surface area contributed by atoms with Crippen molar-refractivity contribution in [1.82, 2.24) is 0 Å². The second kappa shape index (κ2) is 3.59. The summed E-state index contributed by atoms with van der Waals surface area (Å²) in [6.45, 7) is 18.9. The molecule has 2 unspecified atom stereocenters. The highest BCUT2D eigenvalue weighted by molar-refractivity contribution is 7.69. The average Bonchev–Trinajstić information content (AvgIpc) is 2.15. The van der Waals surface area contributed by atoms with Crippen LogP contribution in [0.5, 0.6) is 0 Å². The number of hydrogen-bond donors (Lipinski definition) is 0. The zero-order valence-corrected chi connectivity index (χ0v) is 12.9. The van der Waals surface area contributed by atoms with E-state index in [4.69, 9.17) is 4.43 Å². The summed E-state index contributed by atoms with van der Waals surface area (Å²) >= 11 is 0. The van der Waals surface area contributed by atoms with Crippen molar-refractivity contribution in [3.8, 4) is 0 Å². The molecule has 1 nitrogen and oxygen atoms in total. The van der Waals surface area contributed by atoms with Crippen LogP contribution in [-0.2, 0) is 4.43 Å². The Morgan fingerprint density at radius 2 is 1.64 bits per heavy atom. The molecule has 0 amide bonds. The maximum atomic E-state index is 6.10. The Kier molecular flexibility index (Phi) is 3.12. The van der Waals surface area contributed by atoms with Gasteiger partial charge in [0.25, 0.3) is 0 Å². The lowest BCUT2D eigenvalue weighted by Crippen LogP contribution is -2.75. The molecule has 14 heavy (non-hydrogen) atoms. The second-order valence-corrected chi connectivity index (χ2v) is 30.5. The quantitative estimate of drug-likeness (QED) is 0.677. The Morgan fingerprint density at radius 1 is 1.07 bits per heavy atom. The van der Waals surface area contributed by atoms with Crippen LogP contribution in [-0.4, -0.2) is 29.1 Å². The third-order valence-corrected chi connectivity index (χ3v) is 41.6. The van der Waals surface area contributed by atoms with Crippen molar-refractivity contribution in [2.24, 2.45) is 0 Å². The molecule has 0 spiro atoms. The van der Waals surface area contributed by atoms with Crippen LogP contribution in [0.15, 0.2) is 24.6 Å². The lowest BCUT2D eigenvalue weighted by Gasteiger charge is -2.52. The molecule has 4 heteroatoms. The van der Waals surface area contributed by atoms with Gasteiger partial charge in [-0.25, -0.2) is 0 Å². The maximum absolute atomic E-state index is 6.10. The van der Waals surface area contributed by atoms with Crippen LogP contribution in [0.25, 0.3) is 0 Å². The molecule has 0 N–H and O–H groups in total. The molecule has 2 atom stereocenters. The van der Waals surface area contributed by atoms with Gasteiger partial charge in [-0.15, -0.1) is 18.9 Å². The Balaban J connectivity index is 3.17. The van der Waals surface area contributed by atoms with Gasteiger partial charge in [-0.2, -0.15) is 0 Å². The van der Waals surface area contributed by atoms with E-state index in [0.29, 0.717) is 0 Å². The first-order valence-electron chi connectivity index (χ1n) is 5.24. The van der Waals surface area contributed by atoms with Crippen molar-refractivity contribution in [3.63, 3.8) is 0 Å². The van der Waals surface area contributed by atoms with Crippen LogP contribution in [0, 0.1) is 0 Å². The Bertz CT molecular complexity index is 240. The normalized spacial score (nSPS) is 41.7. The van der Waals surface area contributed by atoms with Gasteiger partial charge in [-0.05, 0) is 12.6 Å². The molecular formula is C10H22OSi3. The molecular weight excluding hydrogens is 220 g/mol. The Morgan fingerprint density at radius 3 is 2.07 bits per heavy atom. The van der Waals surface area contributed by atoms with Gasteiger partial charge in [-0.1, -0.05) is 25.3 Å². The van der Waals surface area contributed by atoms with Crippen molar-refractivity contribution in [3.05, 3.63) is 24.6 Å². The SMILES string of the molecule is C=C[Si]1(C)CCO[Si](C)(C=C)[Si]1(C)C. The molecule has 0 aromatic rings. The van der Waals surface area contributed by atoms with E-state index in [1.54, 1.807) is 0 Å². The third-order valence-electron chi connectivity index (χ3n) is 4.53. The van der Waals surface area contributed by atoms with Gasteiger partial charge in [0.1, 0.15) is 0 Å². The fourth-order valence-corrected chi connectivity index (χ4v) is 30.8. The van der Waals surface area contributed by atoms with E-state index in [-0.39, 0.29) is 0 Å². The van der Waals surface area contributed by atoms with E-state index in [9.17, 15) is 0 Å². The summed E-state index contributed by atoms with van der Waals surface area (Å²) in [7, 11) is -4.11. The second-order valence-electron chi connectivity index (χ2n) is 5.16. The van der Waals surface area contributed by atoms with Crippen molar-refractivity contribution in [2.75, 3.05) is 6.61 Å². The highest BCUT2D eigenvalue weighted by Crippen LogP contribution is 2.37. The molecule has 0 aliphatic carbocycles. The lowest BCUT2D eigenvalue weighted by atomic mass is 10.9. The number of hydrogen-bond acceptors (Lipinski definition) is 1. The molecule has 1 aliphatic heterocycles. The minimum absolute atomic E-state index is 0.944. The van der Waals surface area contributed by atoms with Crippen LogP contribution in [0.2, 0.25) is 32.2 Å². The summed E-state index contributed by atoms with van der Waals surface area (Å²) < 4.78 is 6.10. The smallest absolute Gasteiger partial charge is 0.197 e. The molecule has 0 aromatic heterocycles. The zero-order chi connectivity index (χ0) is 11.0. The van der Waals surface area contributed by atoms with Gasteiger partial charge in [0.2, 0.25) is 0 Å². The largest absolute Gasteiger partial charge is 0.416 e. The van der Waals surface area contributed by atoms with Crippen LogP contribution in [0.4, 0.5) is 0 Å². The summed E-state index contributed by atoms with van der Waals surface area (Å²) in [5.74, 6) is 0. The monoisotopic (exact) mass is 242 g/mol. The molecule has 1 heterocycles. The van der Waals surface area contributed by atoms with Gasteiger partial charge in [-0.3, -0.25) is 0 Å². The third kappa shape index (κ3) is 1.44. The zero-order valence-electron chi connectivity index (χ0n) is 9.89. The first kappa shape index (κ1) is 12.2. The Labute approximate surface area is 90.6 Å². The van der Waals surface area contributed by atoms with E-state index in [1.165, 1.54) is 6.04 Å². The molecule has 0 bridgehead atoms. The summed E-state index contributed by atoms with van der Waals surface area (Å²) in [6.07, 6.45) is 0. The fourth-order valence-electron chi connectivity index (χ4n) is 2.21. The molecule has 1 rings (SSSR count). The molecule has 0 aromatic carbocycles. The molecule has 0 radical (unpaired) electrons. The van der Waals surface area contributed by atoms with Gasteiger partial charge in [0, 0.05) is 6.61 Å². The Hall–Kier alpha value is 0.0906. The van der Waals surface area contributed by atoms with Crippen LogP contribution in [0.3, 0.4) is 0 Å². The average molecular weight is 243 g/mol. The van der Waals surface area contributed by atoms with E-state index in [0.717, 1.165) is 6.61 Å².